The lowest BCUT2D eigenvalue weighted by atomic mass is 10.3. The van der Waals surface area contributed by atoms with Crippen molar-refractivity contribution in [3.8, 4) is 5.75 Å². The zero-order valence-electron chi connectivity index (χ0n) is 11.5. The Morgan fingerprint density at radius 2 is 2.11 bits per heavy atom. The van der Waals surface area contributed by atoms with Gasteiger partial charge in [-0.05, 0) is 44.9 Å². The van der Waals surface area contributed by atoms with Crippen LogP contribution < -0.4 is 10.1 Å². The summed E-state index contributed by atoms with van der Waals surface area (Å²) in [6.07, 6.45) is 5.44. The van der Waals surface area contributed by atoms with Crippen LogP contribution in [0.1, 0.15) is 39.5 Å². The number of benzene rings is 1. The molecule has 0 aliphatic heterocycles. The highest BCUT2D eigenvalue weighted by atomic mass is 32.1. The maximum absolute atomic E-state index is 5.72. The first-order chi connectivity index (χ1) is 9.20. The van der Waals surface area contributed by atoms with Crippen LogP contribution in [0.15, 0.2) is 18.2 Å². The summed E-state index contributed by atoms with van der Waals surface area (Å²) in [5, 5.41) is 4.60. The quantitative estimate of drug-likeness (QED) is 0.896. The molecule has 0 saturated heterocycles. The second-order valence-corrected chi connectivity index (χ2v) is 6.47. The number of rotatable bonds is 4. The average molecular weight is 276 g/mol. The molecule has 3 nitrogen and oxygen atoms in total. The monoisotopic (exact) mass is 276 g/mol. The molecule has 0 amide bonds. The van der Waals surface area contributed by atoms with E-state index >= 15 is 0 Å². The first-order valence-electron chi connectivity index (χ1n) is 7.04. The predicted molar refractivity (Wildman–Crippen MR) is 81.3 cm³/mol. The van der Waals surface area contributed by atoms with Gasteiger partial charge in [0.1, 0.15) is 5.75 Å². The Labute approximate surface area is 118 Å². The molecule has 19 heavy (non-hydrogen) atoms. The number of hydrogen-bond donors (Lipinski definition) is 1. The van der Waals surface area contributed by atoms with Gasteiger partial charge in [0.15, 0.2) is 5.13 Å². The molecule has 3 rings (SSSR count). The van der Waals surface area contributed by atoms with E-state index in [1.165, 1.54) is 30.4 Å². The molecule has 4 heteroatoms. The number of aromatic nitrogens is 1. The number of fused-ring (bicyclic) bond motifs is 1. The second-order valence-electron chi connectivity index (χ2n) is 5.44. The minimum atomic E-state index is 0.210. The van der Waals surface area contributed by atoms with Gasteiger partial charge in [0.05, 0.1) is 16.3 Å². The minimum Gasteiger partial charge on any atom is -0.491 e. The van der Waals surface area contributed by atoms with Crippen LogP contribution in [0.25, 0.3) is 10.2 Å². The average Bonchev–Trinajstić information content (AvgIpc) is 2.97. The Kier molecular flexibility index (Phi) is 3.60. The van der Waals surface area contributed by atoms with Crippen molar-refractivity contribution in [2.45, 2.75) is 51.7 Å². The molecule has 1 aromatic carbocycles. The lowest BCUT2D eigenvalue weighted by Gasteiger charge is -2.09. The molecule has 1 aliphatic rings. The van der Waals surface area contributed by atoms with Crippen molar-refractivity contribution in [3.05, 3.63) is 18.2 Å². The molecular formula is C15H20N2OS. The number of nitrogens with one attached hydrogen (secondary N) is 1. The van der Waals surface area contributed by atoms with Crippen LogP contribution in [0.4, 0.5) is 5.13 Å². The summed E-state index contributed by atoms with van der Waals surface area (Å²) < 4.78 is 6.92. The summed E-state index contributed by atoms with van der Waals surface area (Å²) >= 11 is 1.72. The fraction of sp³-hybridized carbons (Fsp3) is 0.533. The highest BCUT2D eigenvalue weighted by Crippen LogP contribution is 2.31. The van der Waals surface area contributed by atoms with Crippen LogP contribution in [-0.2, 0) is 0 Å². The molecule has 1 aliphatic carbocycles. The molecule has 0 spiro atoms. The van der Waals surface area contributed by atoms with Gasteiger partial charge in [-0.25, -0.2) is 4.98 Å². The van der Waals surface area contributed by atoms with E-state index in [2.05, 4.69) is 16.4 Å². The van der Waals surface area contributed by atoms with Gasteiger partial charge >= 0.3 is 0 Å². The van der Waals surface area contributed by atoms with Crippen molar-refractivity contribution in [2.75, 3.05) is 5.32 Å². The molecule has 1 aromatic heterocycles. The molecule has 1 N–H and O–H groups in total. The van der Waals surface area contributed by atoms with Crippen LogP contribution in [-0.4, -0.2) is 17.1 Å². The summed E-state index contributed by atoms with van der Waals surface area (Å²) in [5.74, 6) is 0.929. The van der Waals surface area contributed by atoms with Gasteiger partial charge in [0.2, 0.25) is 0 Å². The van der Waals surface area contributed by atoms with E-state index in [1.807, 2.05) is 26.0 Å². The summed E-state index contributed by atoms with van der Waals surface area (Å²) in [7, 11) is 0. The lowest BCUT2D eigenvalue weighted by Crippen LogP contribution is -2.13. The van der Waals surface area contributed by atoms with Gasteiger partial charge < -0.3 is 10.1 Å². The summed E-state index contributed by atoms with van der Waals surface area (Å²) in [4.78, 5) is 4.65. The second kappa shape index (κ2) is 5.37. The molecule has 0 radical (unpaired) electrons. The number of nitrogens with zero attached hydrogens (tertiary/aromatic N) is 1. The number of anilines is 1. The number of ether oxygens (including phenoxy) is 1. The van der Waals surface area contributed by atoms with Crippen LogP contribution in [0, 0.1) is 0 Å². The summed E-state index contributed by atoms with van der Waals surface area (Å²) in [5.41, 5.74) is 1.06. The minimum absolute atomic E-state index is 0.210. The molecule has 0 atom stereocenters. The Morgan fingerprint density at radius 1 is 1.32 bits per heavy atom. The normalized spacial score (nSPS) is 16.4. The van der Waals surface area contributed by atoms with E-state index in [1.54, 1.807) is 11.3 Å². The van der Waals surface area contributed by atoms with E-state index in [9.17, 15) is 0 Å². The maximum Gasteiger partial charge on any atom is 0.184 e. The van der Waals surface area contributed by atoms with Crippen LogP contribution in [0.2, 0.25) is 0 Å². The Morgan fingerprint density at radius 3 is 2.84 bits per heavy atom. The standard InChI is InChI=1S/C15H20N2OS/c1-10(2)18-12-7-8-13-14(9-12)19-15(17-13)16-11-5-3-4-6-11/h7-11H,3-6H2,1-2H3,(H,16,17). The molecular weight excluding hydrogens is 256 g/mol. The van der Waals surface area contributed by atoms with Gasteiger partial charge in [0, 0.05) is 6.04 Å². The van der Waals surface area contributed by atoms with Crippen molar-refractivity contribution >= 4 is 26.7 Å². The third kappa shape index (κ3) is 3.00. The third-order valence-electron chi connectivity index (χ3n) is 3.41. The highest BCUT2D eigenvalue weighted by Gasteiger charge is 2.16. The SMILES string of the molecule is CC(C)Oc1ccc2nc(NC3CCCC3)sc2c1. The molecule has 0 bridgehead atoms. The Hall–Kier alpha value is -1.29. The van der Waals surface area contributed by atoms with E-state index < -0.39 is 0 Å². The summed E-state index contributed by atoms with van der Waals surface area (Å²) in [6, 6.07) is 6.75. The fourth-order valence-electron chi connectivity index (χ4n) is 2.56. The third-order valence-corrected chi connectivity index (χ3v) is 4.36. The Bertz CT molecular complexity index is 558. The molecule has 2 aromatic rings. The zero-order valence-corrected chi connectivity index (χ0v) is 12.3. The number of hydrogen-bond acceptors (Lipinski definition) is 4. The number of thiazole rings is 1. The van der Waals surface area contributed by atoms with Crippen molar-refractivity contribution < 1.29 is 4.74 Å². The van der Waals surface area contributed by atoms with Crippen molar-refractivity contribution in [1.82, 2.24) is 4.98 Å². The summed E-state index contributed by atoms with van der Waals surface area (Å²) in [6.45, 7) is 4.09. The first-order valence-corrected chi connectivity index (χ1v) is 7.86. The topological polar surface area (TPSA) is 34.1 Å². The Balaban J connectivity index is 1.79. The van der Waals surface area contributed by atoms with E-state index in [-0.39, 0.29) is 6.10 Å². The van der Waals surface area contributed by atoms with Crippen molar-refractivity contribution in [2.24, 2.45) is 0 Å². The van der Waals surface area contributed by atoms with Gasteiger partial charge in [0.25, 0.3) is 0 Å². The molecule has 0 unspecified atom stereocenters. The van der Waals surface area contributed by atoms with Gasteiger partial charge in [-0.1, -0.05) is 24.2 Å². The lowest BCUT2D eigenvalue weighted by molar-refractivity contribution is 0.243. The highest BCUT2D eigenvalue weighted by molar-refractivity contribution is 7.22. The fourth-order valence-corrected chi connectivity index (χ4v) is 3.53. The molecule has 1 saturated carbocycles. The van der Waals surface area contributed by atoms with Crippen molar-refractivity contribution in [3.63, 3.8) is 0 Å². The predicted octanol–water partition coefficient (Wildman–Crippen LogP) is 4.44. The van der Waals surface area contributed by atoms with Gasteiger partial charge in [-0.3, -0.25) is 0 Å². The van der Waals surface area contributed by atoms with Gasteiger partial charge in [-0.15, -0.1) is 0 Å². The van der Waals surface area contributed by atoms with Crippen LogP contribution in [0.3, 0.4) is 0 Å². The first kappa shape index (κ1) is 12.7. The largest absolute Gasteiger partial charge is 0.491 e. The smallest absolute Gasteiger partial charge is 0.184 e. The van der Waals surface area contributed by atoms with E-state index in [0.29, 0.717) is 6.04 Å². The van der Waals surface area contributed by atoms with Crippen LogP contribution >= 0.6 is 11.3 Å². The molecule has 1 fully saturated rings. The van der Waals surface area contributed by atoms with Crippen LogP contribution in [0.5, 0.6) is 5.75 Å². The van der Waals surface area contributed by atoms with E-state index in [0.717, 1.165) is 16.4 Å². The molecule has 1 heterocycles. The van der Waals surface area contributed by atoms with Crippen molar-refractivity contribution in [1.29, 1.82) is 0 Å². The zero-order chi connectivity index (χ0) is 13.2. The maximum atomic E-state index is 5.72. The molecule has 102 valence electrons. The van der Waals surface area contributed by atoms with Gasteiger partial charge in [-0.2, -0.15) is 0 Å². The van der Waals surface area contributed by atoms with E-state index in [4.69, 9.17) is 4.74 Å².